The molecule has 0 spiro atoms. The van der Waals surface area contributed by atoms with Crippen molar-refractivity contribution in [3.63, 3.8) is 0 Å². The molecule has 0 saturated heterocycles. The summed E-state index contributed by atoms with van der Waals surface area (Å²) in [5, 5.41) is 2.65. The third-order valence-electron chi connectivity index (χ3n) is 7.23. The van der Waals surface area contributed by atoms with Gasteiger partial charge < -0.3 is 9.16 Å². The molecule has 2 atom stereocenters. The fourth-order valence-electron chi connectivity index (χ4n) is 5.53. The van der Waals surface area contributed by atoms with Crippen molar-refractivity contribution >= 4 is 24.7 Å². The Morgan fingerprint density at radius 1 is 0.917 bits per heavy atom. The third kappa shape index (κ3) is 6.98. The molecule has 0 bridgehead atoms. The molecule has 0 amide bonds. The van der Waals surface area contributed by atoms with Gasteiger partial charge in [-0.2, -0.15) is 0 Å². The lowest BCUT2D eigenvalue weighted by molar-refractivity contribution is -0.150. The average molecular weight is 507 g/mol. The minimum absolute atomic E-state index is 0.0192. The zero-order valence-electron chi connectivity index (χ0n) is 23.5. The van der Waals surface area contributed by atoms with Crippen molar-refractivity contribution < 1.29 is 14.0 Å². The Balaban J connectivity index is 1.85. The first-order valence-electron chi connectivity index (χ1n) is 13.7. The van der Waals surface area contributed by atoms with Gasteiger partial charge in [-0.05, 0) is 74.2 Å². The van der Waals surface area contributed by atoms with Crippen LogP contribution >= 0.6 is 0 Å². The number of hydrogen-bond donors (Lipinski definition) is 0. The second-order valence-electron chi connectivity index (χ2n) is 12.3. The summed E-state index contributed by atoms with van der Waals surface area (Å²) >= 11 is 0. The van der Waals surface area contributed by atoms with Crippen LogP contribution in [-0.2, 0) is 14.0 Å². The maximum Gasteiger partial charge on any atom is 0.334 e. The number of ether oxygens (including phenoxy) is 1. The summed E-state index contributed by atoms with van der Waals surface area (Å²) in [6.07, 6.45) is 8.42. The molecule has 36 heavy (non-hydrogen) atoms. The normalized spacial score (nSPS) is 19.7. The highest BCUT2D eigenvalue weighted by Gasteiger charge is 2.51. The van der Waals surface area contributed by atoms with Gasteiger partial charge in [0.2, 0.25) is 0 Å². The smallest absolute Gasteiger partial charge is 0.334 e. The van der Waals surface area contributed by atoms with Crippen molar-refractivity contribution in [3.8, 4) is 0 Å². The summed E-state index contributed by atoms with van der Waals surface area (Å²) < 4.78 is 13.0. The molecule has 0 radical (unpaired) electrons. The molecular formula is C32H46O3Si. The van der Waals surface area contributed by atoms with Crippen LogP contribution in [0.4, 0.5) is 0 Å². The van der Waals surface area contributed by atoms with Crippen molar-refractivity contribution in [2.45, 2.75) is 104 Å². The van der Waals surface area contributed by atoms with E-state index in [9.17, 15) is 4.79 Å². The Hall–Kier alpha value is -2.17. The minimum atomic E-state index is -2.55. The first-order chi connectivity index (χ1) is 17.0. The van der Waals surface area contributed by atoms with E-state index in [1.54, 1.807) is 0 Å². The maximum atomic E-state index is 12.6. The Kier molecular flexibility index (Phi) is 9.40. The average Bonchev–Trinajstić information content (AvgIpc) is 2.82. The molecule has 1 aliphatic carbocycles. The van der Waals surface area contributed by atoms with Gasteiger partial charge in [0.1, 0.15) is 5.60 Å². The topological polar surface area (TPSA) is 35.5 Å². The number of benzene rings is 2. The lowest BCUT2D eigenvalue weighted by Crippen LogP contribution is -2.67. The largest absolute Gasteiger partial charge is 0.457 e. The molecule has 2 aromatic rings. The van der Waals surface area contributed by atoms with Gasteiger partial charge in [-0.3, -0.25) is 0 Å². The van der Waals surface area contributed by atoms with E-state index in [2.05, 4.69) is 87.5 Å². The molecule has 1 aliphatic rings. The molecule has 0 aromatic heterocycles. The Bertz CT molecular complexity index is 960. The van der Waals surface area contributed by atoms with E-state index in [0.717, 1.165) is 31.3 Å². The lowest BCUT2D eigenvalue weighted by Gasteiger charge is -2.46. The van der Waals surface area contributed by atoms with Crippen LogP contribution in [0.1, 0.15) is 87.0 Å². The van der Waals surface area contributed by atoms with Gasteiger partial charge in [0, 0.05) is 11.7 Å². The highest BCUT2D eigenvalue weighted by Crippen LogP contribution is 2.40. The van der Waals surface area contributed by atoms with Crippen molar-refractivity contribution in [3.05, 3.63) is 72.3 Å². The third-order valence-corrected chi connectivity index (χ3v) is 12.3. The summed E-state index contributed by atoms with van der Waals surface area (Å²) in [7, 11) is -2.55. The molecule has 0 N–H and O–H groups in total. The summed E-state index contributed by atoms with van der Waals surface area (Å²) in [6.45, 7) is 14.8. The van der Waals surface area contributed by atoms with Gasteiger partial charge in [0.05, 0.1) is 0 Å². The van der Waals surface area contributed by atoms with Crippen LogP contribution in [0.5, 0.6) is 0 Å². The van der Waals surface area contributed by atoms with Gasteiger partial charge in [0.25, 0.3) is 8.32 Å². The summed E-state index contributed by atoms with van der Waals surface area (Å²) in [4.78, 5) is 12.6. The second-order valence-corrected chi connectivity index (χ2v) is 16.5. The maximum absolute atomic E-state index is 12.6. The van der Waals surface area contributed by atoms with Gasteiger partial charge in [-0.1, -0.05) is 101 Å². The molecule has 1 fully saturated rings. The molecule has 196 valence electrons. The number of carbonyl (C=O) groups is 1. The van der Waals surface area contributed by atoms with Crippen molar-refractivity contribution in [2.24, 2.45) is 5.92 Å². The van der Waals surface area contributed by atoms with Crippen LogP contribution in [-0.4, -0.2) is 26.0 Å². The standard InChI is InChI=1S/C32H46O3Si/c1-8-26(30(33)34-31(2,3)4)23-22-25-16-15-17-27(24-25)35-36(32(5,6)7,28-18-11-9-12-19-28)29-20-13-10-14-21-29/h9-14,18-21,23,25,27H,8,15-17,22,24H2,1-7H3/b26-23+. The highest BCUT2D eigenvalue weighted by molar-refractivity contribution is 6.99. The zero-order chi connectivity index (χ0) is 26.4. The Labute approximate surface area is 220 Å². The molecule has 3 nitrogen and oxygen atoms in total. The molecular weight excluding hydrogens is 460 g/mol. The van der Waals surface area contributed by atoms with Gasteiger partial charge >= 0.3 is 5.97 Å². The van der Waals surface area contributed by atoms with Crippen LogP contribution < -0.4 is 10.4 Å². The van der Waals surface area contributed by atoms with Crippen LogP contribution in [0.2, 0.25) is 5.04 Å². The van der Waals surface area contributed by atoms with E-state index in [0.29, 0.717) is 12.3 Å². The van der Waals surface area contributed by atoms with Crippen LogP contribution in [0, 0.1) is 5.92 Å². The number of carbonyl (C=O) groups excluding carboxylic acids is 1. The van der Waals surface area contributed by atoms with E-state index >= 15 is 0 Å². The first-order valence-corrected chi connectivity index (χ1v) is 15.6. The number of esters is 1. The van der Waals surface area contributed by atoms with Crippen molar-refractivity contribution in [1.82, 2.24) is 0 Å². The lowest BCUT2D eigenvalue weighted by atomic mass is 9.84. The van der Waals surface area contributed by atoms with Crippen molar-refractivity contribution in [1.29, 1.82) is 0 Å². The Morgan fingerprint density at radius 2 is 1.47 bits per heavy atom. The van der Waals surface area contributed by atoms with Gasteiger partial charge in [-0.15, -0.1) is 0 Å². The fourth-order valence-corrected chi connectivity index (χ4v) is 10.3. The fraction of sp³-hybridized carbons (Fsp3) is 0.531. The highest BCUT2D eigenvalue weighted by atomic mass is 28.4. The summed E-state index contributed by atoms with van der Waals surface area (Å²) in [5.41, 5.74) is 0.324. The minimum Gasteiger partial charge on any atom is -0.457 e. The Morgan fingerprint density at radius 3 is 1.94 bits per heavy atom. The summed E-state index contributed by atoms with van der Waals surface area (Å²) in [5.74, 6) is 0.340. The monoisotopic (exact) mass is 506 g/mol. The molecule has 4 heteroatoms. The van der Waals surface area contributed by atoms with E-state index in [1.165, 1.54) is 16.8 Å². The van der Waals surface area contributed by atoms with E-state index < -0.39 is 13.9 Å². The number of hydrogen-bond acceptors (Lipinski definition) is 3. The second kappa shape index (κ2) is 11.9. The summed E-state index contributed by atoms with van der Waals surface area (Å²) in [6, 6.07) is 21.8. The SMILES string of the molecule is CC/C(=C\CC1CCCC(O[Si](c2ccccc2)(c2ccccc2)C(C)(C)C)C1)C(=O)OC(C)(C)C. The number of rotatable bonds is 8. The van der Waals surface area contributed by atoms with Gasteiger partial charge in [0.15, 0.2) is 0 Å². The molecule has 0 aliphatic heterocycles. The van der Waals surface area contributed by atoms with E-state index in [-0.39, 0.29) is 17.1 Å². The quantitative estimate of drug-likeness (QED) is 0.216. The van der Waals surface area contributed by atoms with Gasteiger partial charge in [-0.25, -0.2) is 4.79 Å². The molecule has 2 aromatic carbocycles. The first kappa shape index (κ1) is 28.4. The van der Waals surface area contributed by atoms with Crippen LogP contribution in [0.3, 0.4) is 0 Å². The predicted molar refractivity (Wildman–Crippen MR) is 153 cm³/mol. The zero-order valence-corrected chi connectivity index (χ0v) is 24.5. The van der Waals surface area contributed by atoms with E-state index in [1.807, 2.05) is 27.7 Å². The van der Waals surface area contributed by atoms with Crippen LogP contribution in [0.25, 0.3) is 0 Å². The molecule has 0 heterocycles. The molecule has 3 rings (SSSR count). The van der Waals surface area contributed by atoms with Crippen LogP contribution in [0.15, 0.2) is 72.3 Å². The number of allylic oxidation sites excluding steroid dienone is 1. The molecule has 1 saturated carbocycles. The van der Waals surface area contributed by atoms with Crippen molar-refractivity contribution in [2.75, 3.05) is 0 Å². The molecule has 2 unspecified atom stereocenters. The van der Waals surface area contributed by atoms with E-state index in [4.69, 9.17) is 9.16 Å². The predicted octanol–water partition coefficient (Wildman–Crippen LogP) is 7.19.